The quantitative estimate of drug-likeness (QED) is 0.383. The third-order valence-electron chi connectivity index (χ3n) is 4.72. The molecule has 30 heavy (non-hydrogen) atoms. The van der Waals surface area contributed by atoms with Gasteiger partial charge in [0.25, 0.3) is 0 Å². The van der Waals surface area contributed by atoms with Crippen molar-refractivity contribution in [3.63, 3.8) is 0 Å². The monoisotopic (exact) mass is 484 g/mol. The van der Waals surface area contributed by atoms with Crippen molar-refractivity contribution in [3.05, 3.63) is 81.5 Å². The SMILES string of the molecule is CCOC(=O)C1=C(C)Nc2nc(SCc3ccccc3)nn2[C@@H]1c1ccc(Br)cc1. The van der Waals surface area contributed by atoms with Crippen molar-refractivity contribution in [1.82, 2.24) is 14.8 Å². The van der Waals surface area contributed by atoms with Gasteiger partial charge in [-0.3, -0.25) is 0 Å². The molecule has 3 aromatic rings. The third kappa shape index (κ3) is 4.29. The average molecular weight is 485 g/mol. The Kier molecular flexibility index (Phi) is 6.24. The van der Waals surface area contributed by atoms with Gasteiger partial charge >= 0.3 is 5.97 Å². The molecule has 1 aliphatic rings. The summed E-state index contributed by atoms with van der Waals surface area (Å²) in [6, 6.07) is 17.7. The van der Waals surface area contributed by atoms with Crippen LogP contribution in [0.5, 0.6) is 0 Å². The molecule has 0 radical (unpaired) electrons. The molecular weight excluding hydrogens is 464 g/mol. The predicted octanol–water partition coefficient (Wildman–Crippen LogP) is 5.18. The molecule has 1 N–H and O–H groups in total. The Hall–Kier alpha value is -2.58. The molecule has 4 rings (SSSR count). The van der Waals surface area contributed by atoms with E-state index in [4.69, 9.17) is 9.84 Å². The molecule has 6 nitrogen and oxygen atoms in total. The Labute approximate surface area is 187 Å². The highest BCUT2D eigenvalue weighted by atomic mass is 79.9. The second-order valence-corrected chi connectivity index (χ2v) is 8.63. The molecule has 0 aliphatic carbocycles. The van der Waals surface area contributed by atoms with E-state index in [2.05, 4.69) is 38.4 Å². The van der Waals surface area contributed by atoms with Crippen LogP contribution < -0.4 is 5.32 Å². The molecule has 1 aromatic heterocycles. The number of ether oxygens (including phenoxy) is 1. The molecule has 154 valence electrons. The van der Waals surface area contributed by atoms with Gasteiger partial charge in [-0.1, -0.05) is 70.2 Å². The van der Waals surface area contributed by atoms with E-state index < -0.39 is 6.04 Å². The first-order chi connectivity index (χ1) is 14.6. The lowest BCUT2D eigenvalue weighted by molar-refractivity contribution is -0.139. The maximum atomic E-state index is 12.8. The van der Waals surface area contributed by atoms with Crippen LogP contribution in [0, 0.1) is 0 Å². The summed E-state index contributed by atoms with van der Waals surface area (Å²) in [6.07, 6.45) is 0. The summed E-state index contributed by atoms with van der Waals surface area (Å²) in [5, 5.41) is 8.60. The molecule has 1 atom stereocenters. The van der Waals surface area contributed by atoms with E-state index in [0.29, 0.717) is 23.3 Å². The molecule has 0 saturated carbocycles. The molecule has 0 amide bonds. The number of hydrogen-bond acceptors (Lipinski definition) is 6. The van der Waals surface area contributed by atoms with Gasteiger partial charge in [0.05, 0.1) is 12.2 Å². The number of esters is 1. The van der Waals surface area contributed by atoms with Crippen LogP contribution in [0.2, 0.25) is 0 Å². The molecule has 0 bridgehead atoms. The summed E-state index contributed by atoms with van der Waals surface area (Å²) in [6.45, 7) is 3.98. The number of halogens is 1. The van der Waals surface area contributed by atoms with Crippen molar-refractivity contribution in [3.8, 4) is 0 Å². The lowest BCUT2D eigenvalue weighted by Gasteiger charge is -2.28. The van der Waals surface area contributed by atoms with Gasteiger partial charge in [-0.25, -0.2) is 9.48 Å². The number of carbonyl (C=O) groups excluding carboxylic acids is 1. The van der Waals surface area contributed by atoms with Crippen LogP contribution in [0.1, 0.15) is 31.0 Å². The first kappa shape index (κ1) is 20.7. The van der Waals surface area contributed by atoms with Gasteiger partial charge in [0.1, 0.15) is 6.04 Å². The summed E-state index contributed by atoms with van der Waals surface area (Å²) in [7, 11) is 0. The predicted molar refractivity (Wildman–Crippen MR) is 121 cm³/mol. The highest BCUT2D eigenvalue weighted by molar-refractivity contribution is 9.10. The van der Waals surface area contributed by atoms with Gasteiger partial charge in [0.2, 0.25) is 11.1 Å². The van der Waals surface area contributed by atoms with Gasteiger partial charge in [0, 0.05) is 15.9 Å². The Morgan fingerprint density at radius 1 is 1.20 bits per heavy atom. The van der Waals surface area contributed by atoms with Crippen LogP contribution in [-0.2, 0) is 15.3 Å². The molecule has 0 spiro atoms. The van der Waals surface area contributed by atoms with Crippen LogP contribution in [0.3, 0.4) is 0 Å². The Bertz CT molecular complexity index is 1080. The topological polar surface area (TPSA) is 69.0 Å². The smallest absolute Gasteiger partial charge is 0.338 e. The lowest BCUT2D eigenvalue weighted by Crippen LogP contribution is -2.29. The summed E-state index contributed by atoms with van der Waals surface area (Å²) >= 11 is 5.04. The van der Waals surface area contributed by atoms with Gasteiger partial charge in [-0.2, -0.15) is 4.98 Å². The Morgan fingerprint density at radius 2 is 1.93 bits per heavy atom. The van der Waals surface area contributed by atoms with Crippen molar-refractivity contribution >= 4 is 39.6 Å². The van der Waals surface area contributed by atoms with Crippen molar-refractivity contribution in [2.75, 3.05) is 11.9 Å². The number of benzene rings is 2. The standard InChI is InChI=1S/C22H21BrN4O2S/c1-3-29-20(28)18-14(2)24-21-25-22(30-13-15-7-5-4-6-8-15)26-27(21)19(18)16-9-11-17(23)12-10-16/h4-12,19H,3,13H2,1-2H3,(H,24,25,26)/t19-/m1/s1. The van der Waals surface area contributed by atoms with Crippen LogP contribution >= 0.6 is 27.7 Å². The number of nitrogens with zero attached hydrogens (tertiary/aromatic N) is 3. The molecule has 2 aromatic carbocycles. The van der Waals surface area contributed by atoms with E-state index in [-0.39, 0.29) is 5.97 Å². The van der Waals surface area contributed by atoms with E-state index in [1.807, 2.05) is 49.4 Å². The largest absolute Gasteiger partial charge is 0.463 e. The minimum atomic E-state index is -0.410. The minimum absolute atomic E-state index is 0.311. The van der Waals surface area contributed by atoms with Crippen molar-refractivity contribution in [1.29, 1.82) is 0 Å². The fourth-order valence-electron chi connectivity index (χ4n) is 3.34. The normalized spacial score (nSPS) is 15.5. The molecule has 0 fully saturated rings. The Balaban J connectivity index is 1.70. The number of anilines is 1. The van der Waals surface area contributed by atoms with Crippen molar-refractivity contribution in [2.24, 2.45) is 0 Å². The first-order valence-corrected chi connectivity index (χ1v) is 11.4. The van der Waals surface area contributed by atoms with Gasteiger partial charge in [0.15, 0.2) is 0 Å². The fourth-order valence-corrected chi connectivity index (χ4v) is 4.39. The summed E-state index contributed by atoms with van der Waals surface area (Å²) in [4.78, 5) is 17.4. The van der Waals surface area contributed by atoms with Gasteiger partial charge in [-0.15, -0.1) is 5.10 Å². The zero-order valence-electron chi connectivity index (χ0n) is 16.6. The molecule has 1 aliphatic heterocycles. The number of rotatable bonds is 6. The molecular formula is C22H21BrN4O2S. The molecule has 0 saturated heterocycles. The maximum Gasteiger partial charge on any atom is 0.338 e. The van der Waals surface area contributed by atoms with E-state index in [9.17, 15) is 4.79 Å². The number of hydrogen-bond donors (Lipinski definition) is 1. The zero-order valence-corrected chi connectivity index (χ0v) is 19.0. The highest BCUT2D eigenvalue weighted by Gasteiger charge is 2.35. The van der Waals surface area contributed by atoms with Crippen molar-refractivity contribution < 1.29 is 9.53 Å². The molecule has 2 heterocycles. The van der Waals surface area contributed by atoms with Crippen LogP contribution in [0.4, 0.5) is 5.95 Å². The van der Waals surface area contributed by atoms with Gasteiger partial charge in [-0.05, 0) is 37.1 Å². The third-order valence-corrected chi connectivity index (χ3v) is 6.16. The van der Waals surface area contributed by atoms with Crippen molar-refractivity contribution in [2.45, 2.75) is 30.8 Å². The number of thioether (sulfide) groups is 1. The van der Waals surface area contributed by atoms with Crippen LogP contribution in [-0.4, -0.2) is 27.3 Å². The lowest BCUT2D eigenvalue weighted by atomic mass is 9.96. The van der Waals surface area contributed by atoms with E-state index in [1.54, 1.807) is 23.4 Å². The number of allylic oxidation sites excluding steroid dienone is 1. The minimum Gasteiger partial charge on any atom is -0.463 e. The van der Waals surface area contributed by atoms with Crippen LogP contribution in [0.25, 0.3) is 0 Å². The first-order valence-electron chi connectivity index (χ1n) is 9.60. The number of fused-ring (bicyclic) bond motifs is 1. The summed E-state index contributed by atoms with van der Waals surface area (Å²) in [5.41, 5.74) is 3.40. The summed E-state index contributed by atoms with van der Waals surface area (Å²) < 4.78 is 8.08. The molecule has 8 heteroatoms. The van der Waals surface area contributed by atoms with Crippen LogP contribution in [0.15, 0.2) is 75.5 Å². The van der Waals surface area contributed by atoms with E-state index in [0.717, 1.165) is 21.5 Å². The number of nitrogens with one attached hydrogen (secondary N) is 1. The number of aromatic nitrogens is 3. The summed E-state index contributed by atoms with van der Waals surface area (Å²) in [5.74, 6) is 1.03. The molecule has 0 unspecified atom stereocenters. The second kappa shape index (κ2) is 9.06. The van der Waals surface area contributed by atoms with E-state index in [1.165, 1.54) is 5.56 Å². The Morgan fingerprint density at radius 3 is 2.63 bits per heavy atom. The maximum absolute atomic E-state index is 12.8. The second-order valence-electron chi connectivity index (χ2n) is 6.78. The highest BCUT2D eigenvalue weighted by Crippen LogP contribution is 2.37. The fraction of sp³-hybridized carbons (Fsp3) is 0.227. The van der Waals surface area contributed by atoms with Gasteiger partial charge < -0.3 is 10.1 Å². The number of carbonyl (C=O) groups is 1. The van der Waals surface area contributed by atoms with E-state index >= 15 is 0 Å². The average Bonchev–Trinajstić information content (AvgIpc) is 3.15. The zero-order chi connectivity index (χ0) is 21.1.